The van der Waals surface area contributed by atoms with Gasteiger partial charge in [0.2, 0.25) is 10.0 Å². The van der Waals surface area contributed by atoms with Gasteiger partial charge in [0.25, 0.3) is 5.91 Å². The highest BCUT2D eigenvalue weighted by Crippen LogP contribution is 2.18. The quantitative estimate of drug-likeness (QED) is 0.803. The molecule has 0 radical (unpaired) electrons. The van der Waals surface area contributed by atoms with Crippen LogP contribution in [0.3, 0.4) is 0 Å². The summed E-state index contributed by atoms with van der Waals surface area (Å²) in [5.74, 6) is 0.807. The molecule has 1 aliphatic heterocycles. The summed E-state index contributed by atoms with van der Waals surface area (Å²) in [5.41, 5.74) is 1.17. The highest BCUT2D eigenvalue weighted by molar-refractivity contribution is 7.89. The van der Waals surface area contributed by atoms with Crippen LogP contribution in [-0.2, 0) is 27.4 Å². The van der Waals surface area contributed by atoms with E-state index in [9.17, 15) is 17.4 Å². The van der Waals surface area contributed by atoms with Gasteiger partial charge < -0.3 is 4.90 Å². The van der Waals surface area contributed by atoms with Crippen LogP contribution >= 0.6 is 0 Å². The molecule has 2 aromatic rings. The molecular formula is C20H24N2O4S2. The van der Waals surface area contributed by atoms with Crippen molar-refractivity contribution < 1.29 is 17.4 Å². The van der Waals surface area contributed by atoms with Crippen LogP contribution in [0.5, 0.6) is 0 Å². The maximum Gasteiger partial charge on any atom is 0.254 e. The van der Waals surface area contributed by atoms with Gasteiger partial charge in [-0.05, 0) is 37.1 Å². The van der Waals surface area contributed by atoms with Crippen LogP contribution in [0.25, 0.3) is 0 Å². The molecule has 6 nitrogen and oxygen atoms in total. The predicted octanol–water partition coefficient (Wildman–Crippen LogP) is 2.15. The molecule has 1 heterocycles. The van der Waals surface area contributed by atoms with Gasteiger partial charge in [-0.15, -0.1) is 0 Å². The number of benzene rings is 2. The molecule has 2 atom stereocenters. The second-order valence-corrected chi connectivity index (χ2v) is 10.3. The fraction of sp³-hybridized carbons (Fsp3) is 0.350. The summed E-state index contributed by atoms with van der Waals surface area (Å²) in [4.78, 5) is 14.7. The minimum Gasteiger partial charge on any atom is -0.335 e. The second-order valence-electron chi connectivity index (χ2n) is 6.82. The molecule has 0 aromatic heterocycles. The van der Waals surface area contributed by atoms with Crippen LogP contribution in [0.15, 0.2) is 59.5 Å². The molecule has 3 rings (SSSR count). The van der Waals surface area contributed by atoms with Crippen LogP contribution in [0.1, 0.15) is 29.3 Å². The summed E-state index contributed by atoms with van der Waals surface area (Å²) < 4.78 is 39.6. The van der Waals surface area contributed by atoms with E-state index in [-0.39, 0.29) is 23.4 Å². The van der Waals surface area contributed by atoms with Crippen LogP contribution in [0.4, 0.5) is 0 Å². The van der Waals surface area contributed by atoms with E-state index in [0.29, 0.717) is 30.0 Å². The van der Waals surface area contributed by atoms with Gasteiger partial charge in [-0.1, -0.05) is 36.4 Å². The van der Waals surface area contributed by atoms with E-state index < -0.39 is 20.8 Å². The van der Waals surface area contributed by atoms with E-state index in [1.54, 1.807) is 17.0 Å². The number of rotatable bonds is 5. The van der Waals surface area contributed by atoms with Crippen molar-refractivity contribution in [3.05, 3.63) is 65.7 Å². The molecule has 0 bridgehead atoms. The number of sulfonamides is 1. The fourth-order valence-corrected chi connectivity index (χ4v) is 5.37. The first-order chi connectivity index (χ1) is 13.4. The number of hydrogen-bond acceptors (Lipinski definition) is 4. The van der Waals surface area contributed by atoms with Crippen LogP contribution in [-0.4, -0.2) is 47.5 Å². The van der Waals surface area contributed by atoms with Crippen molar-refractivity contribution in [1.29, 1.82) is 0 Å². The Morgan fingerprint density at radius 2 is 1.89 bits per heavy atom. The van der Waals surface area contributed by atoms with Gasteiger partial charge in [0, 0.05) is 47.0 Å². The Hall–Kier alpha value is -2.03. The largest absolute Gasteiger partial charge is 0.335 e. The lowest BCUT2D eigenvalue weighted by atomic mass is 10.1. The Morgan fingerprint density at radius 1 is 1.14 bits per heavy atom. The molecule has 0 spiro atoms. The molecule has 1 amide bonds. The van der Waals surface area contributed by atoms with Crippen LogP contribution in [0.2, 0.25) is 0 Å². The first-order valence-electron chi connectivity index (χ1n) is 9.16. The standard InChI is InChI=1S/C20H24N2O4S2/c1-16-10-12-27(24)13-11-22(16)20(23)18-8-5-9-19(14-18)28(25,26)21-15-17-6-3-2-4-7-17/h2-9,14,16,21H,10-13,15H2,1H3/t16-,27+/m1/s1. The van der Waals surface area contributed by atoms with Crippen LogP contribution < -0.4 is 4.72 Å². The minimum atomic E-state index is -3.74. The van der Waals surface area contributed by atoms with Gasteiger partial charge in [0.05, 0.1) is 4.90 Å². The number of nitrogens with one attached hydrogen (secondary N) is 1. The normalized spacial score (nSPS) is 20.5. The van der Waals surface area contributed by atoms with E-state index in [0.717, 1.165) is 5.56 Å². The van der Waals surface area contributed by atoms with Crippen molar-refractivity contribution in [3.63, 3.8) is 0 Å². The molecule has 1 fully saturated rings. The Morgan fingerprint density at radius 3 is 2.64 bits per heavy atom. The molecule has 150 valence electrons. The third-order valence-corrected chi connectivity index (χ3v) is 7.54. The molecule has 8 heteroatoms. The number of carbonyl (C=O) groups excluding carboxylic acids is 1. The molecule has 0 saturated carbocycles. The van der Waals surface area contributed by atoms with Gasteiger partial charge in [-0.3, -0.25) is 9.00 Å². The van der Waals surface area contributed by atoms with E-state index in [1.165, 1.54) is 12.1 Å². The highest BCUT2D eigenvalue weighted by atomic mass is 32.2. The zero-order chi connectivity index (χ0) is 20.1. The smallest absolute Gasteiger partial charge is 0.254 e. The summed E-state index contributed by atoms with van der Waals surface area (Å²) in [7, 11) is -4.66. The molecule has 0 aliphatic carbocycles. The first-order valence-corrected chi connectivity index (χ1v) is 12.1. The Kier molecular flexibility index (Phi) is 6.64. The Labute approximate surface area is 168 Å². The highest BCUT2D eigenvalue weighted by Gasteiger charge is 2.26. The fourth-order valence-electron chi connectivity index (χ4n) is 3.10. The Bertz CT molecular complexity index is 961. The molecule has 28 heavy (non-hydrogen) atoms. The van der Waals surface area contributed by atoms with Crippen molar-refractivity contribution in [2.24, 2.45) is 0 Å². The van der Waals surface area contributed by atoms with Crippen molar-refractivity contribution >= 4 is 26.7 Å². The molecule has 2 aromatic carbocycles. The van der Waals surface area contributed by atoms with Crippen molar-refractivity contribution in [1.82, 2.24) is 9.62 Å². The van der Waals surface area contributed by atoms with Gasteiger partial charge in [-0.25, -0.2) is 13.1 Å². The number of hydrogen-bond donors (Lipinski definition) is 1. The van der Waals surface area contributed by atoms with Crippen molar-refractivity contribution in [2.45, 2.75) is 30.8 Å². The monoisotopic (exact) mass is 420 g/mol. The summed E-state index contributed by atoms with van der Waals surface area (Å²) in [6, 6.07) is 15.3. The summed E-state index contributed by atoms with van der Waals surface area (Å²) >= 11 is 0. The number of amides is 1. The van der Waals surface area contributed by atoms with Gasteiger partial charge >= 0.3 is 0 Å². The van der Waals surface area contributed by atoms with Gasteiger partial charge in [0.1, 0.15) is 0 Å². The van der Waals surface area contributed by atoms with Crippen molar-refractivity contribution in [3.8, 4) is 0 Å². The zero-order valence-electron chi connectivity index (χ0n) is 15.7. The van der Waals surface area contributed by atoms with E-state index in [4.69, 9.17) is 0 Å². The first kappa shape index (κ1) is 20.7. The molecule has 1 aliphatic rings. The average Bonchev–Trinajstić information content (AvgIpc) is 2.88. The van der Waals surface area contributed by atoms with E-state index in [2.05, 4.69) is 4.72 Å². The molecule has 1 N–H and O–H groups in total. The lowest BCUT2D eigenvalue weighted by Gasteiger charge is -2.27. The lowest BCUT2D eigenvalue weighted by Crippen LogP contribution is -2.39. The van der Waals surface area contributed by atoms with Gasteiger partial charge in [0.15, 0.2) is 0 Å². The minimum absolute atomic E-state index is 0.0320. The summed E-state index contributed by atoms with van der Waals surface area (Å²) in [5, 5.41) is 0. The number of nitrogens with zero attached hydrogens (tertiary/aromatic N) is 1. The summed E-state index contributed by atoms with van der Waals surface area (Å²) in [6.07, 6.45) is 0.676. The van der Waals surface area contributed by atoms with E-state index in [1.807, 2.05) is 37.3 Å². The molecule has 0 unspecified atom stereocenters. The average molecular weight is 421 g/mol. The zero-order valence-corrected chi connectivity index (χ0v) is 17.3. The topological polar surface area (TPSA) is 83.6 Å². The summed E-state index contributed by atoms with van der Waals surface area (Å²) in [6.45, 7) is 2.52. The van der Waals surface area contributed by atoms with Crippen molar-refractivity contribution in [2.75, 3.05) is 18.1 Å². The maximum absolute atomic E-state index is 12.9. The molecule has 1 saturated heterocycles. The van der Waals surface area contributed by atoms with Gasteiger partial charge in [-0.2, -0.15) is 0 Å². The van der Waals surface area contributed by atoms with E-state index >= 15 is 0 Å². The lowest BCUT2D eigenvalue weighted by molar-refractivity contribution is 0.0706. The number of carbonyl (C=O) groups is 1. The predicted molar refractivity (Wildman–Crippen MR) is 110 cm³/mol. The second kappa shape index (κ2) is 8.98. The molecular weight excluding hydrogens is 396 g/mol. The third kappa shape index (κ3) is 5.06. The maximum atomic E-state index is 12.9. The van der Waals surface area contributed by atoms with Crippen LogP contribution in [0, 0.1) is 0 Å². The SMILES string of the molecule is C[C@@H]1CC[S@](=O)CCN1C(=O)c1cccc(S(=O)(=O)NCc2ccccc2)c1. The third-order valence-electron chi connectivity index (χ3n) is 4.82. The Balaban J connectivity index is 1.77.